The van der Waals surface area contributed by atoms with Gasteiger partial charge in [0.2, 0.25) is 0 Å². The third-order valence-electron chi connectivity index (χ3n) is 4.46. The van der Waals surface area contributed by atoms with Crippen LogP contribution in [0.4, 0.5) is 0 Å². The van der Waals surface area contributed by atoms with Gasteiger partial charge in [-0.05, 0) is 0 Å². The SMILES string of the molecule is CSCC[C@@H](N=C([O-])OCC1c2ccccc2-c2ccccc21)C(=O)[Se].[Na+]. The number of thioether (sulfide) groups is 1. The number of carbonyl (C=O) groups is 1. The Hall–Kier alpha value is -0.751. The van der Waals surface area contributed by atoms with Crippen LogP contribution >= 0.6 is 11.8 Å². The number of hydrogen-bond donors (Lipinski definition) is 0. The minimum atomic E-state index is -0.679. The van der Waals surface area contributed by atoms with Crippen LogP contribution in [0.2, 0.25) is 0 Å². The Morgan fingerprint density at radius 3 is 2.26 bits per heavy atom. The predicted molar refractivity (Wildman–Crippen MR) is 105 cm³/mol. The molecule has 0 unspecified atom stereocenters. The predicted octanol–water partition coefficient (Wildman–Crippen LogP) is -0.647. The molecule has 27 heavy (non-hydrogen) atoms. The number of rotatable bonds is 7. The zero-order valence-corrected chi connectivity index (χ0v) is 19.9. The summed E-state index contributed by atoms with van der Waals surface area (Å²) in [5.74, 6) is 0.758. The van der Waals surface area contributed by atoms with Gasteiger partial charge in [0, 0.05) is 0 Å². The zero-order valence-electron chi connectivity index (χ0n) is 15.4. The van der Waals surface area contributed by atoms with E-state index >= 15 is 0 Å². The van der Waals surface area contributed by atoms with Gasteiger partial charge in [-0.3, -0.25) is 0 Å². The Morgan fingerprint density at radius 1 is 1.19 bits per heavy atom. The van der Waals surface area contributed by atoms with E-state index in [1.54, 1.807) is 11.8 Å². The quantitative estimate of drug-likeness (QED) is 0.317. The van der Waals surface area contributed by atoms with E-state index in [0.717, 1.165) is 16.9 Å². The van der Waals surface area contributed by atoms with Crippen molar-refractivity contribution in [3.8, 4) is 11.1 Å². The third kappa shape index (κ3) is 5.41. The molecular weight excluding hydrogens is 436 g/mol. The van der Waals surface area contributed by atoms with Crippen LogP contribution in [-0.2, 0) is 9.53 Å². The molecule has 1 radical (unpaired) electrons. The fourth-order valence-corrected chi connectivity index (χ4v) is 4.04. The molecule has 1 atom stereocenters. The first kappa shape index (κ1) is 22.5. The molecule has 0 saturated heterocycles. The number of nitrogens with zero attached hydrogens (tertiary/aromatic N) is 1. The smallest absolute Gasteiger partial charge is 1.00 e. The molecule has 1 aliphatic carbocycles. The van der Waals surface area contributed by atoms with Gasteiger partial charge in [-0.25, -0.2) is 0 Å². The summed E-state index contributed by atoms with van der Waals surface area (Å²) < 4.78 is 5.19. The van der Waals surface area contributed by atoms with Crippen LogP contribution < -0.4 is 34.7 Å². The van der Waals surface area contributed by atoms with Crippen molar-refractivity contribution in [3.05, 3.63) is 59.7 Å². The topological polar surface area (TPSA) is 61.7 Å². The number of benzene rings is 2. The van der Waals surface area contributed by atoms with E-state index in [4.69, 9.17) is 4.74 Å². The standard InChI is InChI=1S/C20H20NO3SSe.Na/c1-25-11-10-18(19(22)26)21-20(23)24-12-17-15-8-4-2-6-13(15)14-7-3-5-9-16(14)17;/h2-9,17-18H,10-12H2,1H3,(H,21,23);/q;+1/p-1/t18-;/m1./s1. The summed E-state index contributed by atoms with van der Waals surface area (Å²) in [5, 5.41) is 12.1. The van der Waals surface area contributed by atoms with Crippen molar-refractivity contribution in [2.24, 2.45) is 4.99 Å². The van der Waals surface area contributed by atoms with Crippen LogP contribution in [0.3, 0.4) is 0 Å². The van der Waals surface area contributed by atoms with Gasteiger partial charge in [-0.1, -0.05) is 0 Å². The molecular formula is C20H19NNaO3SSe. The Kier molecular flexibility index (Phi) is 8.93. The molecule has 0 bridgehead atoms. The van der Waals surface area contributed by atoms with E-state index in [1.165, 1.54) is 11.1 Å². The van der Waals surface area contributed by atoms with Crippen LogP contribution in [0.1, 0.15) is 23.5 Å². The molecule has 2 aromatic carbocycles. The Balaban J connectivity index is 0.00000261. The van der Waals surface area contributed by atoms with Gasteiger partial charge in [0.05, 0.1) is 0 Å². The molecule has 2 aromatic rings. The molecule has 0 heterocycles. The molecule has 135 valence electrons. The Bertz CT molecular complexity index is 785. The second-order valence-corrected chi connectivity index (χ2v) is 7.88. The van der Waals surface area contributed by atoms with E-state index in [0.29, 0.717) is 6.42 Å². The Morgan fingerprint density at radius 2 is 1.74 bits per heavy atom. The fraction of sp³-hybridized carbons (Fsp3) is 0.300. The molecule has 4 nitrogen and oxygen atoms in total. The van der Waals surface area contributed by atoms with E-state index < -0.39 is 12.1 Å². The Labute approximate surface area is 194 Å². The van der Waals surface area contributed by atoms with E-state index in [1.807, 2.05) is 30.5 Å². The van der Waals surface area contributed by atoms with Gasteiger partial charge in [-0.2, -0.15) is 0 Å². The van der Waals surface area contributed by atoms with E-state index in [9.17, 15) is 9.90 Å². The van der Waals surface area contributed by atoms with Crippen LogP contribution in [0.25, 0.3) is 11.1 Å². The summed E-state index contributed by atoms with van der Waals surface area (Å²) in [6.45, 7) is 0.216. The first-order valence-corrected chi connectivity index (χ1v) is 10.6. The molecule has 0 amide bonds. The monoisotopic (exact) mass is 456 g/mol. The summed E-state index contributed by atoms with van der Waals surface area (Å²) >= 11 is 4.04. The minimum absolute atomic E-state index is 0. The van der Waals surface area contributed by atoms with E-state index in [2.05, 4.69) is 45.3 Å². The van der Waals surface area contributed by atoms with Crippen molar-refractivity contribution >= 4 is 38.5 Å². The van der Waals surface area contributed by atoms with Crippen LogP contribution in [0.15, 0.2) is 53.5 Å². The maximum atomic E-state index is 12.1. The summed E-state index contributed by atoms with van der Waals surface area (Å²) in [4.78, 5) is 15.5. The van der Waals surface area contributed by atoms with Crippen molar-refractivity contribution in [2.75, 3.05) is 18.6 Å². The summed E-state index contributed by atoms with van der Waals surface area (Å²) in [7, 11) is 0. The van der Waals surface area contributed by atoms with Crippen LogP contribution in [0, 0.1) is 0 Å². The molecule has 7 heteroatoms. The number of fused-ring (bicyclic) bond motifs is 3. The number of ether oxygens (including phenoxy) is 1. The number of aliphatic imine (C=N–C) groups is 1. The van der Waals surface area contributed by atoms with Crippen molar-refractivity contribution in [1.82, 2.24) is 0 Å². The average molecular weight is 455 g/mol. The van der Waals surface area contributed by atoms with Crippen LogP contribution in [0.5, 0.6) is 0 Å². The first-order chi connectivity index (χ1) is 12.6. The normalized spacial score (nSPS) is 14.0. The summed E-state index contributed by atoms with van der Waals surface area (Å²) in [6.07, 6.45) is 1.80. The zero-order chi connectivity index (χ0) is 18.5. The minimum Gasteiger partial charge on any atom is 1.00 e. The third-order valence-corrected chi connectivity index (χ3v) is 5.68. The summed E-state index contributed by atoms with van der Waals surface area (Å²) in [6, 6.07) is 15.7. The molecule has 0 saturated carbocycles. The van der Waals surface area contributed by atoms with Crippen molar-refractivity contribution in [1.29, 1.82) is 0 Å². The molecule has 0 spiro atoms. The van der Waals surface area contributed by atoms with Crippen LogP contribution in [-0.4, -0.2) is 51.4 Å². The molecule has 0 N–H and O–H groups in total. The van der Waals surface area contributed by atoms with Crippen molar-refractivity contribution < 1.29 is 44.2 Å². The molecule has 0 aliphatic heterocycles. The van der Waals surface area contributed by atoms with Gasteiger partial charge in [0.1, 0.15) is 0 Å². The fourth-order valence-electron chi connectivity index (χ4n) is 3.22. The van der Waals surface area contributed by atoms with Gasteiger partial charge >= 0.3 is 196 Å². The first-order valence-electron chi connectivity index (χ1n) is 8.37. The van der Waals surface area contributed by atoms with Gasteiger partial charge in [-0.15, -0.1) is 0 Å². The van der Waals surface area contributed by atoms with Crippen molar-refractivity contribution in [3.63, 3.8) is 0 Å². The second kappa shape index (κ2) is 10.7. The number of carbonyl (C=O) groups excluding carboxylic acids is 1. The maximum Gasteiger partial charge on any atom is 1.00 e. The molecule has 1 aliphatic rings. The molecule has 0 aromatic heterocycles. The molecule has 0 fully saturated rings. The average Bonchev–Trinajstić information content (AvgIpc) is 2.97. The second-order valence-electron chi connectivity index (χ2n) is 6.05. The van der Waals surface area contributed by atoms with Gasteiger partial charge in [0.15, 0.2) is 0 Å². The van der Waals surface area contributed by atoms with E-state index in [-0.39, 0.29) is 46.8 Å². The molecule has 3 rings (SSSR count). The summed E-state index contributed by atoms with van der Waals surface area (Å²) in [5.41, 5.74) is 4.66. The maximum absolute atomic E-state index is 12.1. The van der Waals surface area contributed by atoms with Gasteiger partial charge < -0.3 is 0 Å². The van der Waals surface area contributed by atoms with Gasteiger partial charge in [0.25, 0.3) is 0 Å². The largest absolute Gasteiger partial charge is 1.00 e. The van der Waals surface area contributed by atoms with Crippen molar-refractivity contribution in [2.45, 2.75) is 18.4 Å². The number of hydrogen-bond acceptors (Lipinski definition) is 5.